The molecule has 132 valence electrons. The van der Waals surface area contributed by atoms with Gasteiger partial charge in [0.15, 0.2) is 10.8 Å². The Bertz CT molecular complexity index is 909. The van der Waals surface area contributed by atoms with Crippen LogP contribution in [0, 0.1) is 0 Å². The Morgan fingerprint density at radius 1 is 1.08 bits per heavy atom. The van der Waals surface area contributed by atoms with Gasteiger partial charge in [0, 0.05) is 15.1 Å². The molecule has 0 bridgehead atoms. The van der Waals surface area contributed by atoms with Crippen molar-refractivity contribution in [2.24, 2.45) is 0 Å². The highest BCUT2D eigenvalue weighted by atomic mass is 32.1. The Hall–Kier alpha value is -2.36. The van der Waals surface area contributed by atoms with E-state index in [4.69, 9.17) is 0 Å². The monoisotopic (exact) mass is 401 g/mol. The smallest absolute Gasteiger partial charge is 0.229 e. The van der Waals surface area contributed by atoms with Crippen LogP contribution in [0.5, 0.6) is 0 Å². The molecule has 1 amide bonds. The maximum Gasteiger partial charge on any atom is 0.229 e. The zero-order valence-corrected chi connectivity index (χ0v) is 16.1. The molecular formula is C17H15N5OS3. The number of aromatic nitrogens is 4. The molecule has 4 aromatic rings. The van der Waals surface area contributed by atoms with E-state index in [0.29, 0.717) is 18.9 Å². The van der Waals surface area contributed by atoms with E-state index in [0.717, 1.165) is 10.7 Å². The number of thiazole rings is 1. The molecule has 0 aliphatic heterocycles. The first-order valence-corrected chi connectivity index (χ1v) is 10.5. The molecule has 0 spiro atoms. The number of carbonyl (C=O) groups is 1. The van der Waals surface area contributed by atoms with Crippen LogP contribution >= 0.6 is 34.0 Å². The molecule has 0 aliphatic carbocycles. The molecule has 0 aliphatic rings. The van der Waals surface area contributed by atoms with Crippen LogP contribution in [0.1, 0.15) is 15.4 Å². The topological polar surface area (TPSA) is 74.8 Å². The van der Waals surface area contributed by atoms with Crippen molar-refractivity contribution < 1.29 is 4.79 Å². The zero-order chi connectivity index (χ0) is 17.8. The van der Waals surface area contributed by atoms with E-state index in [2.05, 4.69) is 32.3 Å². The summed E-state index contributed by atoms with van der Waals surface area (Å²) in [6.45, 7) is 1.24. The summed E-state index contributed by atoms with van der Waals surface area (Å²) < 4.78 is 0. The van der Waals surface area contributed by atoms with Gasteiger partial charge in [0.1, 0.15) is 6.33 Å². The number of nitrogens with one attached hydrogen (secondary N) is 1. The highest BCUT2D eigenvalue weighted by molar-refractivity contribution is 7.13. The zero-order valence-electron chi connectivity index (χ0n) is 13.7. The molecule has 0 unspecified atom stereocenters. The Morgan fingerprint density at radius 3 is 2.38 bits per heavy atom. The van der Waals surface area contributed by atoms with Crippen LogP contribution in [0.3, 0.4) is 0 Å². The Labute approximate surface area is 162 Å². The predicted molar refractivity (Wildman–Crippen MR) is 104 cm³/mol. The van der Waals surface area contributed by atoms with E-state index < -0.39 is 0 Å². The fraction of sp³-hybridized carbons (Fsp3) is 0.176. The van der Waals surface area contributed by atoms with Crippen molar-refractivity contribution >= 4 is 39.9 Å². The van der Waals surface area contributed by atoms with Crippen LogP contribution in [0.15, 0.2) is 46.7 Å². The van der Waals surface area contributed by atoms with Gasteiger partial charge in [-0.25, -0.2) is 9.97 Å². The lowest BCUT2D eigenvalue weighted by molar-refractivity contribution is -0.131. The minimum absolute atomic E-state index is 0.0706. The number of aromatic amines is 1. The fourth-order valence-electron chi connectivity index (χ4n) is 2.49. The lowest BCUT2D eigenvalue weighted by Gasteiger charge is -2.21. The molecule has 4 aromatic heterocycles. The minimum Gasteiger partial charge on any atom is -0.332 e. The van der Waals surface area contributed by atoms with Gasteiger partial charge < -0.3 is 4.90 Å². The minimum atomic E-state index is 0.0706. The molecule has 0 saturated heterocycles. The number of rotatable bonds is 7. The molecule has 9 heteroatoms. The summed E-state index contributed by atoms with van der Waals surface area (Å²) in [5, 5.41) is 13.4. The first kappa shape index (κ1) is 17.1. The molecule has 0 aromatic carbocycles. The van der Waals surface area contributed by atoms with E-state index in [1.165, 1.54) is 27.4 Å². The number of nitrogens with zero attached hydrogens (tertiary/aromatic N) is 4. The lowest BCUT2D eigenvalue weighted by atomic mass is 10.2. The standard InChI is InChI=1S/C17H15N5OS3/c23-15(7-12-10-26-17(20-12)16-18-11-19-21-16)22(8-13-3-1-5-24-13)9-14-4-2-6-25-14/h1-6,10-11H,7-9H2,(H,18,19,21). The maximum absolute atomic E-state index is 12.9. The Kier molecular flexibility index (Phi) is 5.19. The lowest BCUT2D eigenvalue weighted by Crippen LogP contribution is -2.31. The van der Waals surface area contributed by atoms with Crippen molar-refractivity contribution in [3.63, 3.8) is 0 Å². The van der Waals surface area contributed by atoms with Crippen molar-refractivity contribution in [3.8, 4) is 10.8 Å². The molecule has 0 radical (unpaired) electrons. The number of hydrogen-bond acceptors (Lipinski definition) is 7. The molecule has 0 saturated carbocycles. The summed E-state index contributed by atoms with van der Waals surface area (Å²) >= 11 is 4.79. The normalized spacial score (nSPS) is 10.9. The maximum atomic E-state index is 12.9. The summed E-state index contributed by atoms with van der Waals surface area (Å²) in [5.74, 6) is 0.698. The van der Waals surface area contributed by atoms with Crippen molar-refractivity contribution in [2.75, 3.05) is 0 Å². The second kappa shape index (κ2) is 7.90. The van der Waals surface area contributed by atoms with Gasteiger partial charge in [0.05, 0.1) is 25.2 Å². The summed E-state index contributed by atoms with van der Waals surface area (Å²) in [6, 6.07) is 8.14. The number of amides is 1. The van der Waals surface area contributed by atoms with E-state index >= 15 is 0 Å². The van der Waals surface area contributed by atoms with Gasteiger partial charge in [-0.1, -0.05) is 12.1 Å². The molecule has 26 heavy (non-hydrogen) atoms. The van der Waals surface area contributed by atoms with Crippen LogP contribution < -0.4 is 0 Å². The molecule has 0 fully saturated rings. The molecule has 4 heterocycles. The molecule has 0 atom stereocenters. The first-order chi connectivity index (χ1) is 12.8. The Morgan fingerprint density at radius 2 is 1.81 bits per heavy atom. The second-order valence-electron chi connectivity index (χ2n) is 5.56. The second-order valence-corrected chi connectivity index (χ2v) is 8.49. The van der Waals surface area contributed by atoms with Gasteiger partial charge in [0.25, 0.3) is 0 Å². The van der Waals surface area contributed by atoms with E-state index in [9.17, 15) is 4.79 Å². The van der Waals surface area contributed by atoms with Crippen LogP contribution in [0.2, 0.25) is 0 Å². The van der Waals surface area contributed by atoms with Crippen LogP contribution in [-0.2, 0) is 24.3 Å². The van der Waals surface area contributed by atoms with Crippen LogP contribution in [-0.4, -0.2) is 31.0 Å². The van der Waals surface area contributed by atoms with Gasteiger partial charge in [-0.2, -0.15) is 5.10 Å². The van der Waals surface area contributed by atoms with E-state index in [1.54, 1.807) is 22.7 Å². The van der Waals surface area contributed by atoms with Crippen molar-refractivity contribution in [3.05, 3.63) is 62.2 Å². The van der Waals surface area contributed by atoms with E-state index in [-0.39, 0.29) is 12.3 Å². The highest BCUT2D eigenvalue weighted by Crippen LogP contribution is 2.22. The predicted octanol–water partition coefficient (Wildman–Crippen LogP) is 3.82. The summed E-state index contributed by atoms with van der Waals surface area (Å²) in [6.07, 6.45) is 1.73. The number of carbonyl (C=O) groups excluding carboxylic acids is 1. The SMILES string of the molecule is O=C(Cc1csc(-c2ncn[nH]2)n1)N(Cc1cccs1)Cc1cccs1. The molecule has 4 rings (SSSR count). The van der Waals surface area contributed by atoms with Gasteiger partial charge in [-0.05, 0) is 22.9 Å². The molecular weight excluding hydrogens is 386 g/mol. The third-order valence-electron chi connectivity index (χ3n) is 3.71. The van der Waals surface area contributed by atoms with Gasteiger partial charge >= 0.3 is 0 Å². The quantitative estimate of drug-likeness (QED) is 0.511. The summed E-state index contributed by atoms with van der Waals surface area (Å²) in [4.78, 5) is 25.8. The largest absolute Gasteiger partial charge is 0.332 e. The van der Waals surface area contributed by atoms with Crippen LogP contribution in [0.4, 0.5) is 0 Å². The number of thiophene rings is 2. The Balaban J connectivity index is 1.48. The number of H-pyrrole nitrogens is 1. The third-order valence-corrected chi connectivity index (χ3v) is 6.33. The van der Waals surface area contributed by atoms with Gasteiger partial charge in [0.2, 0.25) is 5.91 Å². The number of hydrogen-bond donors (Lipinski definition) is 1. The third kappa shape index (κ3) is 4.06. The molecule has 6 nitrogen and oxygen atoms in total. The first-order valence-electron chi connectivity index (χ1n) is 7.90. The van der Waals surface area contributed by atoms with Gasteiger partial charge in [-0.15, -0.1) is 34.0 Å². The van der Waals surface area contributed by atoms with Gasteiger partial charge in [-0.3, -0.25) is 9.89 Å². The average molecular weight is 402 g/mol. The van der Waals surface area contributed by atoms with Crippen LogP contribution in [0.25, 0.3) is 10.8 Å². The summed E-state index contributed by atoms with van der Waals surface area (Å²) in [7, 11) is 0. The highest BCUT2D eigenvalue weighted by Gasteiger charge is 2.18. The fourth-order valence-corrected chi connectivity index (χ4v) is 4.69. The van der Waals surface area contributed by atoms with Crippen molar-refractivity contribution in [1.29, 1.82) is 0 Å². The summed E-state index contributed by atoms with van der Waals surface area (Å²) in [5.41, 5.74) is 0.758. The molecule has 1 N–H and O–H groups in total. The van der Waals surface area contributed by atoms with E-state index in [1.807, 2.05) is 33.2 Å². The average Bonchev–Trinajstić information content (AvgIpc) is 3.41. The van der Waals surface area contributed by atoms with Crippen molar-refractivity contribution in [1.82, 2.24) is 25.1 Å². The van der Waals surface area contributed by atoms with Crippen molar-refractivity contribution in [2.45, 2.75) is 19.5 Å².